The highest BCUT2D eigenvalue weighted by atomic mass is 35.5. The molecule has 2 fully saturated rings. The van der Waals surface area contributed by atoms with Crippen molar-refractivity contribution < 1.29 is 57.9 Å². The molecular weight excluding hydrogens is 635 g/mol. The van der Waals surface area contributed by atoms with Gasteiger partial charge in [-0.25, -0.2) is 4.79 Å². The highest BCUT2D eigenvalue weighted by Crippen LogP contribution is 2.49. The Labute approximate surface area is 265 Å². The number of carbonyl (C=O) groups is 3. The molecule has 0 spiro atoms. The maximum atomic E-state index is 13.6. The number of likely N-dealkylation sites (N-methyl/N-ethyl adjacent to an activating group) is 1. The first-order chi connectivity index (χ1) is 20.9. The van der Waals surface area contributed by atoms with Crippen molar-refractivity contribution in [1.29, 1.82) is 0 Å². The van der Waals surface area contributed by atoms with Crippen LogP contribution in [0.25, 0.3) is 0 Å². The molecule has 5 N–H and O–H groups in total. The van der Waals surface area contributed by atoms with Gasteiger partial charge in [0, 0.05) is 32.9 Å². The predicted molar refractivity (Wildman–Crippen MR) is 159 cm³/mol. The molecule has 3 heterocycles. The first-order valence-corrected chi connectivity index (χ1v) is 16.6. The Morgan fingerprint density at radius 2 is 1.98 bits per heavy atom. The summed E-state index contributed by atoms with van der Waals surface area (Å²) in [7, 11) is -1.96. The quantitative estimate of drug-likeness (QED) is 0.165. The Balaban J connectivity index is 1.76. The number of amides is 2. The van der Waals surface area contributed by atoms with Crippen LogP contribution in [0.1, 0.15) is 46.5 Å². The number of hydrogen-bond acceptors (Lipinski definition) is 10. The average Bonchev–Trinajstić information content (AvgIpc) is 3.62. The number of fused-ring (bicyclic) bond motifs is 4. The van der Waals surface area contributed by atoms with Crippen molar-refractivity contribution in [2.75, 3.05) is 20.3 Å². The minimum Gasteiger partial charge on any atom is -0.458 e. The van der Waals surface area contributed by atoms with E-state index in [9.17, 15) is 38.9 Å². The van der Waals surface area contributed by atoms with E-state index < -0.39 is 85.9 Å². The minimum absolute atomic E-state index is 0.0511. The average molecular weight is 675 g/mol. The zero-order valence-electron chi connectivity index (χ0n) is 25.6. The van der Waals surface area contributed by atoms with Gasteiger partial charge in [-0.2, -0.15) is 0 Å². The lowest BCUT2D eigenvalue weighted by Crippen LogP contribution is -2.63. The van der Waals surface area contributed by atoms with Gasteiger partial charge in [-0.3, -0.25) is 19.5 Å². The first-order valence-electron chi connectivity index (χ1n) is 14.4. The Morgan fingerprint density at radius 3 is 2.62 bits per heavy atom. The van der Waals surface area contributed by atoms with Crippen LogP contribution in [0.15, 0.2) is 46.2 Å². The summed E-state index contributed by atoms with van der Waals surface area (Å²) in [5.41, 5.74) is -1.31. The fourth-order valence-corrected chi connectivity index (χ4v) is 6.75. The molecule has 4 bridgehead atoms. The lowest BCUT2D eigenvalue weighted by atomic mass is 9.83. The third kappa shape index (κ3) is 8.06. The molecule has 14 nitrogen and oxygen atoms in total. The molecule has 4 rings (SSSR count). The summed E-state index contributed by atoms with van der Waals surface area (Å²) in [6.07, 6.45) is -0.300. The van der Waals surface area contributed by atoms with Crippen LogP contribution in [-0.4, -0.2) is 105 Å². The summed E-state index contributed by atoms with van der Waals surface area (Å²) in [6, 6.07) is 0. The van der Waals surface area contributed by atoms with Gasteiger partial charge in [0.25, 0.3) is 0 Å². The molecular formula is C29H40ClN2O12P. The van der Waals surface area contributed by atoms with Gasteiger partial charge in [-0.15, -0.1) is 0 Å². The van der Waals surface area contributed by atoms with Gasteiger partial charge in [0.15, 0.2) is 5.72 Å². The van der Waals surface area contributed by atoms with Gasteiger partial charge in [-0.05, 0) is 26.3 Å². The number of allylic oxidation sites excluding steroid dienone is 4. The second-order valence-corrected chi connectivity index (χ2v) is 14.3. The van der Waals surface area contributed by atoms with E-state index in [0.29, 0.717) is 6.42 Å². The van der Waals surface area contributed by atoms with Crippen molar-refractivity contribution in [3.63, 3.8) is 0 Å². The normalized spacial score (nSPS) is 38.2. The number of hydrogen-bond donors (Lipinski definition) is 5. The highest BCUT2D eigenvalue weighted by Gasteiger charge is 2.64. The largest absolute Gasteiger partial charge is 0.458 e. The van der Waals surface area contributed by atoms with Crippen LogP contribution in [0.2, 0.25) is 0 Å². The van der Waals surface area contributed by atoms with Crippen molar-refractivity contribution in [2.24, 2.45) is 5.92 Å². The molecule has 45 heavy (non-hydrogen) atoms. The molecule has 0 radical (unpaired) electrons. The lowest BCUT2D eigenvalue weighted by Gasteiger charge is -2.42. The molecule has 0 aromatic carbocycles. The zero-order chi connectivity index (χ0) is 33.5. The first kappa shape index (κ1) is 35.3. The molecule has 0 aromatic heterocycles. The van der Waals surface area contributed by atoms with Crippen LogP contribution >= 0.6 is 19.2 Å². The van der Waals surface area contributed by atoms with E-state index in [1.165, 1.54) is 19.1 Å². The highest BCUT2D eigenvalue weighted by molar-refractivity contribution is 7.52. The van der Waals surface area contributed by atoms with Gasteiger partial charge in [0.2, 0.25) is 5.91 Å². The van der Waals surface area contributed by atoms with Crippen molar-refractivity contribution in [2.45, 2.75) is 88.3 Å². The third-order valence-electron chi connectivity index (χ3n) is 8.62. The second kappa shape index (κ2) is 13.3. The van der Waals surface area contributed by atoms with Crippen molar-refractivity contribution in [3.05, 3.63) is 46.2 Å². The SMILES string of the molecule is CO[C@@H]1/C=C/C=C(\C)CC2=CC(=C(Cl)C(O)C2)N(C)C(=O)C[C@H](OC(=O)CP(=O)(O)O)[C@]2(C)O[C@H]2[C@H](C)[C@@H]2C[C@@]1(O)NC(=O)O2. The molecule has 0 aromatic rings. The molecule has 4 aliphatic rings. The number of methoxy groups -OCH3 is 1. The number of rotatable bonds is 4. The fraction of sp³-hybridized carbons (Fsp3) is 0.621. The summed E-state index contributed by atoms with van der Waals surface area (Å²) < 4.78 is 34.0. The summed E-state index contributed by atoms with van der Waals surface area (Å²) in [5, 5.41) is 24.7. The number of nitrogens with one attached hydrogen (secondary N) is 1. The van der Waals surface area contributed by atoms with Gasteiger partial charge < -0.3 is 43.8 Å². The van der Waals surface area contributed by atoms with Gasteiger partial charge in [-0.1, -0.05) is 47.9 Å². The molecule has 16 heteroatoms. The fourth-order valence-electron chi connectivity index (χ4n) is 6.08. The van der Waals surface area contributed by atoms with Crippen molar-refractivity contribution >= 4 is 37.2 Å². The Hall–Kier alpha value is -2.55. The second-order valence-electron chi connectivity index (χ2n) is 12.2. The molecule has 2 saturated heterocycles. The maximum Gasteiger partial charge on any atom is 0.409 e. The maximum absolute atomic E-state index is 13.6. The number of esters is 1. The van der Waals surface area contributed by atoms with Gasteiger partial charge in [0.1, 0.15) is 30.1 Å². The number of aliphatic hydroxyl groups is 2. The van der Waals surface area contributed by atoms with E-state index >= 15 is 0 Å². The predicted octanol–water partition coefficient (Wildman–Crippen LogP) is 1.97. The van der Waals surface area contributed by atoms with E-state index in [1.54, 1.807) is 38.2 Å². The molecule has 3 aliphatic heterocycles. The number of aliphatic hydroxyl groups excluding tert-OH is 1. The van der Waals surface area contributed by atoms with E-state index in [4.69, 9.17) is 30.5 Å². The Bertz CT molecular complexity index is 1390. The molecule has 1 unspecified atom stereocenters. The number of ether oxygens (including phenoxy) is 4. The van der Waals surface area contributed by atoms with Gasteiger partial charge >= 0.3 is 19.7 Å². The van der Waals surface area contributed by atoms with Crippen LogP contribution in [-0.2, 0) is 33.1 Å². The number of epoxide rings is 1. The summed E-state index contributed by atoms with van der Waals surface area (Å²) in [4.78, 5) is 58.7. The smallest absolute Gasteiger partial charge is 0.409 e. The third-order valence-corrected chi connectivity index (χ3v) is 9.73. The van der Waals surface area contributed by atoms with Crippen LogP contribution in [0.3, 0.4) is 0 Å². The van der Waals surface area contributed by atoms with E-state index in [1.807, 2.05) is 6.92 Å². The van der Waals surface area contributed by atoms with Crippen molar-refractivity contribution in [3.8, 4) is 0 Å². The standard InChI is InChI=1S/C29H40ClN2O12P/c1-15-7-6-8-21(41-5)29(37)13-20(42-27(36)31-29)16(2)26-28(3,44-26)22(43-24(35)14-45(38,39)40)12-23(34)32(4)18-10-17(9-15)11-19(33)25(18)30/h6-8,10,16,19-22,26,33,37H,9,11-14H2,1-5H3,(H,31,36)(H2,38,39,40)/b8-6+,15-7+/t16-,19?,20+,21-,22+,26+,28+,29+/m1/s1. The Kier molecular flexibility index (Phi) is 10.4. The summed E-state index contributed by atoms with van der Waals surface area (Å²) in [5.74, 6) is -2.42. The monoisotopic (exact) mass is 674 g/mol. The molecule has 250 valence electrons. The van der Waals surface area contributed by atoms with Crippen LogP contribution in [0.5, 0.6) is 0 Å². The topological polar surface area (TPSA) is 205 Å². The molecule has 8 atom stereocenters. The van der Waals surface area contributed by atoms with Gasteiger partial charge in [0.05, 0.1) is 29.4 Å². The van der Waals surface area contributed by atoms with Crippen molar-refractivity contribution in [1.82, 2.24) is 10.2 Å². The lowest BCUT2D eigenvalue weighted by molar-refractivity contribution is -0.152. The van der Waals surface area contributed by atoms with E-state index in [-0.39, 0.29) is 23.6 Å². The number of alkyl carbamates (subject to hydrolysis) is 1. The molecule has 0 saturated carbocycles. The van der Waals surface area contributed by atoms with E-state index in [0.717, 1.165) is 11.1 Å². The number of carbonyl (C=O) groups excluding carboxylic acids is 3. The van der Waals surface area contributed by atoms with E-state index in [2.05, 4.69) is 5.32 Å². The van der Waals surface area contributed by atoms with Crippen LogP contribution in [0.4, 0.5) is 4.79 Å². The van der Waals surface area contributed by atoms with Crippen LogP contribution in [0, 0.1) is 5.92 Å². The van der Waals surface area contributed by atoms with Crippen LogP contribution < -0.4 is 5.32 Å². The summed E-state index contributed by atoms with van der Waals surface area (Å²) >= 11 is 6.45. The Morgan fingerprint density at radius 1 is 1.29 bits per heavy atom. The summed E-state index contributed by atoms with van der Waals surface area (Å²) in [6.45, 7) is 5.13. The minimum atomic E-state index is -4.79. The number of halogens is 1. The molecule has 2 amide bonds. The molecule has 1 aliphatic carbocycles. The zero-order valence-corrected chi connectivity index (χ0v) is 27.3. The number of nitrogens with zero attached hydrogens (tertiary/aromatic N) is 1.